The summed E-state index contributed by atoms with van der Waals surface area (Å²) < 4.78 is 27.6. The standard InChI is InChI=1S/C24H27ClN4O5S/c1-16-4-9-20(17(2)14-16)35(33,34)28-12-10-27(11-13-28)21(30)15-29-22(31)24(3,26-23(29)32)18-5-7-19(25)8-6-18/h4-9,14H,10-13,15H2,1-3H3,(H,26,32)/t24-/m1/s1. The highest BCUT2D eigenvalue weighted by Gasteiger charge is 2.49. The number of hydrogen-bond acceptors (Lipinski definition) is 5. The number of rotatable bonds is 5. The van der Waals surface area contributed by atoms with Gasteiger partial charge in [-0.3, -0.25) is 14.5 Å². The van der Waals surface area contributed by atoms with Crippen molar-refractivity contribution in [3.63, 3.8) is 0 Å². The number of benzene rings is 2. The number of imide groups is 1. The molecule has 2 aromatic rings. The zero-order chi connectivity index (χ0) is 25.5. The lowest BCUT2D eigenvalue weighted by molar-refractivity contribution is -0.139. The van der Waals surface area contributed by atoms with E-state index >= 15 is 0 Å². The summed E-state index contributed by atoms with van der Waals surface area (Å²) in [6.07, 6.45) is 0. The van der Waals surface area contributed by atoms with E-state index in [1.54, 1.807) is 50.2 Å². The smallest absolute Gasteiger partial charge is 0.325 e. The first kappa shape index (κ1) is 25.2. The molecule has 2 aliphatic heterocycles. The van der Waals surface area contributed by atoms with Gasteiger partial charge < -0.3 is 10.2 Å². The van der Waals surface area contributed by atoms with Crippen molar-refractivity contribution in [2.24, 2.45) is 0 Å². The molecule has 0 radical (unpaired) electrons. The predicted octanol–water partition coefficient (Wildman–Crippen LogP) is 2.26. The number of nitrogens with zero attached hydrogens (tertiary/aromatic N) is 3. The van der Waals surface area contributed by atoms with E-state index in [1.165, 1.54) is 9.21 Å². The normalized spacial score (nSPS) is 21.4. The topological polar surface area (TPSA) is 107 Å². The molecule has 0 bridgehead atoms. The summed E-state index contributed by atoms with van der Waals surface area (Å²) in [5.41, 5.74) is 0.899. The van der Waals surface area contributed by atoms with E-state index < -0.39 is 40.0 Å². The summed E-state index contributed by atoms with van der Waals surface area (Å²) in [6.45, 7) is 5.41. The van der Waals surface area contributed by atoms with Gasteiger partial charge in [0, 0.05) is 31.2 Å². The third kappa shape index (κ3) is 4.65. The van der Waals surface area contributed by atoms with Gasteiger partial charge in [-0.15, -0.1) is 0 Å². The Kier molecular flexibility index (Phi) is 6.65. The molecule has 9 nitrogen and oxygen atoms in total. The molecular formula is C24H27ClN4O5S. The van der Waals surface area contributed by atoms with E-state index in [0.717, 1.165) is 10.5 Å². The number of carbonyl (C=O) groups excluding carboxylic acids is 3. The number of piperazine rings is 1. The predicted molar refractivity (Wildman–Crippen MR) is 130 cm³/mol. The Labute approximate surface area is 209 Å². The highest BCUT2D eigenvalue weighted by atomic mass is 35.5. The van der Waals surface area contributed by atoms with Crippen LogP contribution in [-0.2, 0) is 25.2 Å². The number of carbonyl (C=O) groups is 3. The van der Waals surface area contributed by atoms with Crippen LogP contribution in [0.25, 0.3) is 0 Å². The van der Waals surface area contributed by atoms with Crippen molar-refractivity contribution in [2.45, 2.75) is 31.2 Å². The largest absolute Gasteiger partial charge is 0.338 e. The maximum atomic E-state index is 13.1. The number of sulfonamides is 1. The van der Waals surface area contributed by atoms with E-state index in [0.29, 0.717) is 16.1 Å². The molecule has 2 saturated heterocycles. The van der Waals surface area contributed by atoms with Crippen molar-refractivity contribution in [1.29, 1.82) is 0 Å². The molecule has 2 aliphatic rings. The molecule has 0 unspecified atom stereocenters. The summed E-state index contributed by atoms with van der Waals surface area (Å²) in [5, 5.41) is 3.16. The SMILES string of the molecule is Cc1ccc(S(=O)(=O)N2CCN(C(=O)CN3C(=O)N[C@](C)(c4ccc(Cl)cc4)C3=O)CC2)c(C)c1. The molecule has 35 heavy (non-hydrogen) atoms. The minimum absolute atomic E-state index is 0.129. The minimum Gasteiger partial charge on any atom is -0.338 e. The summed E-state index contributed by atoms with van der Waals surface area (Å²) in [7, 11) is -3.69. The Morgan fingerprint density at radius 1 is 1.03 bits per heavy atom. The van der Waals surface area contributed by atoms with Gasteiger partial charge in [0.15, 0.2) is 0 Å². The molecule has 2 fully saturated rings. The van der Waals surface area contributed by atoms with Crippen LogP contribution in [0.1, 0.15) is 23.6 Å². The lowest BCUT2D eigenvalue weighted by Gasteiger charge is -2.34. The van der Waals surface area contributed by atoms with Gasteiger partial charge in [0.1, 0.15) is 12.1 Å². The Morgan fingerprint density at radius 2 is 1.66 bits per heavy atom. The van der Waals surface area contributed by atoms with Crippen LogP contribution in [0.4, 0.5) is 4.79 Å². The quantitative estimate of drug-likeness (QED) is 0.611. The average Bonchev–Trinajstić information content (AvgIpc) is 3.03. The van der Waals surface area contributed by atoms with Crippen LogP contribution >= 0.6 is 11.6 Å². The van der Waals surface area contributed by atoms with Crippen LogP contribution in [-0.4, -0.2) is 73.1 Å². The van der Waals surface area contributed by atoms with Crippen molar-refractivity contribution in [1.82, 2.24) is 19.4 Å². The second-order valence-corrected chi connectivity index (χ2v) is 11.3. The molecular weight excluding hydrogens is 492 g/mol. The maximum Gasteiger partial charge on any atom is 0.325 e. The number of urea groups is 1. The minimum atomic E-state index is -3.69. The highest BCUT2D eigenvalue weighted by Crippen LogP contribution is 2.30. The Bertz CT molecular complexity index is 1290. The number of halogens is 1. The van der Waals surface area contributed by atoms with Crippen molar-refractivity contribution in [2.75, 3.05) is 32.7 Å². The van der Waals surface area contributed by atoms with Crippen molar-refractivity contribution >= 4 is 39.5 Å². The first-order valence-electron chi connectivity index (χ1n) is 11.2. The number of aryl methyl sites for hydroxylation is 2. The maximum absolute atomic E-state index is 13.1. The fourth-order valence-electron chi connectivity index (χ4n) is 4.46. The Morgan fingerprint density at radius 3 is 2.26 bits per heavy atom. The molecule has 11 heteroatoms. The third-order valence-corrected chi connectivity index (χ3v) is 8.84. The zero-order valence-corrected chi connectivity index (χ0v) is 21.3. The first-order chi connectivity index (χ1) is 16.4. The Balaban J connectivity index is 1.40. The van der Waals surface area contributed by atoms with E-state index in [4.69, 9.17) is 11.6 Å². The van der Waals surface area contributed by atoms with E-state index in [-0.39, 0.29) is 31.1 Å². The highest BCUT2D eigenvalue weighted by molar-refractivity contribution is 7.89. The van der Waals surface area contributed by atoms with Gasteiger partial charge in [-0.25, -0.2) is 13.2 Å². The zero-order valence-electron chi connectivity index (χ0n) is 19.7. The molecule has 2 aromatic carbocycles. The average molecular weight is 519 g/mol. The molecule has 2 heterocycles. The molecule has 0 saturated carbocycles. The molecule has 0 aromatic heterocycles. The Hall–Kier alpha value is -2.95. The second-order valence-electron chi connectivity index (χ2n) is 9.01. The molecule has 0 spiro atoms. The fourth-order valence-corrected chi connectivity index (χ4v) is 6.21. The second kappa shape index (κ2) is 9.25. The molecule has 186 valence electrons. The molecule has 4 amide bonds. The van der Waals surface area contributed by atoms with Crippen molar-refractivity contribution < 1.29 is 22.8 Å². The van der Waals surface area contributed by atoms with Gasteiger partial charge in [0.2, 0.25) is 15.9 Å². The molecule has 1 N–H and O–H groups in total. The lowest BCUT2D eigenvalue weighted by atomic mass is 9.92. The van der Waals surface area contributed by atoms with Gasteiger partial charge in [0.25, 0.3) is 5.91 Å². The summed E-state index contributed by atoms with van der Waals surface area (Å²) in [6, 6.07) is 11.1. The van der Waals surface area contributed by atoms with Crippen molar-refractivity contribution in [3.05, 3.63) is 64.2 Å². The first-order valence-corrected chi connectivity index (χ1v) is 13.0. The summed E-state index contributed by atoms with van der Waals surface area (Å²) >= 11 is 5.93. The van der Waals surface area contributed by atoms with Gasteiger partial charge in [-0.1, -0.05) is 41.4 Å². The van der Waals surface area contributed by atoms with Gasteiger partial charge in [-0.05, 0) is 50.1 Å². The van der Waals surface area contributed by atoms with Crippen LogP contribution in [0.3, 0.4) is 0 Å². The number of nitrogens with one attached hydrogen (secondary N) is 1. The van der Waals surface area contributed by atoms with E-state index in [2.05, 4.69) is 5.32 Å². The molecule has 0 aliphatic carbocycles. The number of amides is 4. The molecule has 4 rings (SSSR count). The van der Waals surface area contributed by atoms with Gasteiger partial charge in [0.05, 0.1) is 4.90 Å². The van der Waals surface area contributed by atoms with Crippen LogP contribution in [0.15, 0.2) is 47.4 Å². The van der Waals surface area contributed by atoms with Crippen molar-refractivity contribution in [3.8, 4) is 0 Å². The van der Waals surface area contributed by atoms with Crippen LogP contribution in [0.2, 0.25) is 5.02 Å². The summed E-state index contributed by atoms with van der Waals surface area (Å²) in [4.78, 5) is 41.2. The van der Waals surface area contributed by atoms with Crippen LogP contribution < -0.4 is 5.32 Å². The third-order valence-electron chi connectivity index (χ3n) is 6.53. The lowest BCUT2D eigenvalue weighted by Crippen LogP contribution is -2.53. The van der Waals surface area contributed by atoms with Crippen LogP contribution in [0.5, 0.6) is 0 Å². The molecule has 1 atom stereocenters. The fraction of sp³-hybridized carbons (Fsp3) is 0.375. The van der Waals surface area contributed by atoms with Crippen LogP contribution in [0, 0.1) is 13.8 Å². The monoisotopic (exact) mass is 518 g/mol. The van der Waals surface area contributed by atoms with Gasteiger partial charge >= 0.3 is 6.03 Å². The number of hydrogen-bond donors (Lipinski definition) is 1. The van der Waals surface area contributed by atoms with Gasteiger partial charge in [-0.2, -0.15) is 4.31 Å². The van der Waals surface area contributed by atoms with E-state index in [1.807, 2.05) is 13.0 Å². The summed E-state index contributed by atoms with van der Waals surface area (Å²) in [5.74, 6) is -0.952. The van der Waals surface area contributed by atoms with E-state index in [9.17, 15) is 22.8 Å².